The Kier molecular flexibility index (Phi) is 5.12. The third-order valence-corrected chi connectivity index (χ3v) is 3.99. The van der Waals surface area contributed by atoms with E-state index in [2.05, 4.69) is 15.2 Å². The fourth-order valence-electron chi connectivity index (χ4n) is 1.96. The van der Waals surface area contributed by atoms with Gasteiger partial charge in [0, 0.05) is 31.1 Å². The molecule has 0 radical (unpaired) electrons. The normalized spacial score (nSPS) is 16.5. The number of aliphatic carboxylic acids is 1. The molecule has 6 nitrogen and oxygen atoms in total. The van der Waals surface area contributed by atoms with Crippen LogP contribution in [0.25, 0.3) is 0 Å². The molecule has 2 rings (SSSR count). The summed E-state index contributed by atoms with van der Waals surface area (Å²) in [6.45, 7) is 7.24. The van der Waals surface area contributed by atoms with Gasteiger partial charge in [0.05, 0.1) is 25.3 Å². The van der Waals surface area contributed by atoms with Gasteiger partial charge in [0.15, 0.2) is 5.13 Å². The van der Waals surface area contributed by atoms with Gasteiger partial charge in [0.2, 0.25) is 0 Å². The molecular weight excluding hydrogens is 266 g/mol. The van der Waals surface area contributed by atoms with Crippen LogP contribution in [0.2, 0.25) is 0 Å². The second-order valence-electron chi connectivity index (χ2n) is 4.47. The molecule has 2 N–H and O–H groups in total. The average molecular weight is 285 g/mol. The molecule has 0 unspecified atom stereocenters. The zero-order valence-corrected chi connectivity index (χ0v) is 11.8. The highest BCUT2D eigenvalue weighted by molar-refractivity contribution is 7.15. The molecule has 0 saturated carbocycles. The maximum Gasteiger partial charge on any atom is 0.309 e. The van der Waals surface area contributed by atoms with Crippen molar-refractivity contribution in [2.75, 3.05) is 44.7 Å². The third-order valence-electron chi connectivity index (χ3n) is 3.02. The van der Waals surface area contributed by atoms with Crippen molar-refractivity contribution < 1.29 is 14.6 Å². The Morgan fingerprint density at radius 3 is 2.95 bits per heavy atom. The van der Waals surface area contributed by atoms with Crippen LogP contribution < -0.4 is 5.32 Å². The van der Waals surface area contributed by atoms with Gasteiger partial charge in [-0.15, -0.1) is 11.3 Å². The van der Waals surface area contributed by atoms with Crippen LogP contribution in [-0.4, -0.2) is 60.4 Å². The molecule has 1 aliphatic heterocycles. The SMILES string of the molecule is Cc1sc(NCCN2CCOCC2)nc1CC(=O)O. The van der Waals surface area contributed by atoms with Crippen molar-refractivity contribution in [1.82, 2.24) is 9.88 Å². The molecule has 7 heteroatoms. The van der Waals surface area contributed by atoms with Gasteiger partial charge in [0.1, 0.15) is 0 Å². The van der Waals surface area contributed by atoms with Gasteiger partial charge < -0.3 is 15.2 Å². The molecule has 0 amide bonds. The van der Waals surface area contributed by atoms with Gasteiger partial charge in [-0.05, 0) is 6.92 Å². The van der Waals surface area contributed by atoms with Crippen molar-refractivity contribution in [2.45, 2.75) is 13.3 Å². The molecule has 1 fully saturated rings. The van der Waals surface area contributed by atoms with E-state index in [0.717, 1.165) is 49.4 Å². The summed E-state index contributed by atoms with van der Waals surface area (Å²) in [6.07, 6.45) is -0.00647. The summed E-state index contributed by atoms with van der Waals surface area (Å²) in [7, 11) is 0. The van der Waals surface area contributed by atoms with E-state index < -0.39 is 5.97 Å². The summed E-state index contributed by atoms with van der Waals surface area (Å²) in [5.41, 5.74) is 0.659. The number of aryl methyl sites for hydroxylation is 1. The summed E-state index contributed by atoms with van der Waals surface area (Å²) in [5.74, 6) is -0.840. The molecule has 0 bridgehead atoms. The Labute approximate surface area is 116 Å². The molecule has 0 aromatic carbocycles. The summed E-state index contributed by atoms with van der Waals surface area (Å²) < 4.78 is 5.29. The van der Waals surface area contributed by atoms with E-state index in [1.165, 1.54) is 11.3 Å². The molecule has 0 spiro atoms. The van der Waals surface area contributed by atoms with E-state index in [1.807, 2.05) is 6.92 Å². The standard InChI is InChI=1S/C12H19N3O3S/c1-9-10(8-11(16)17)14-12(19-9)13-2-3-15-4-6-18-7-5-15/h2-8H2,1H3,(H,13,14)(H,16,17). The number of thiazole rings is 1. The Bertz CT molecular complexity index is 430. The number of carboxylic acids is 1. The van der Waals surface area contributed by atoms with Crippen LogP contribution >= 0.6 is 11.3 Å². The molecule has 1 aliphatic rings. The zero-order chi connectivity index (χ0) is 13.7. The molecule has 106 valence electrons. The fourth-order valence-corrected chi connectivity index (χ4v) is 2.81. The van der Waals surface area contributed by atoms with Gasteiger partial charge in [-0.3, -0.25) is 9.69 Å². The zero-order valence-electron chi connectivity index (χ0n) is 11.0. The van der Waals surface area contributed by atoms with Crippen LogP contribution in [0.3, 0.4) is 0 Å². The van der Waals surface area contributed by atoms with Crippen molar-refractivity contribution >= 4 is 22.4 Å². The molecule has 0 aliphatic carbocycles. The Morgan fingerprint density at radius 1 is 1.53 bits per heavy atom. The second-order valence-corrected chi connectivity index (χ2v) is 5.68. The van der Waals surface area contributed by atoms with Crippen LogP contribution in [0.5, 0.6) is 0 Å². The monoisotopic (exact) mass is 285 g/mol. The molecule has 1 aromatic heterocycles. The van der Waals surface area contributed by atoms with E-state index in [0.29, 0.717) is 5.69 Å². The van der Waals surface area contributed by atoms with Crippen LogP contribution in [0.1, 0.15) is 10.6 Å². The largest absolute Gasteiger partial charge is 0.481 e. The van der Waals surface area contributed by atoms with Gasteiger partial charge in [-0.25, -0.2) is 4.98 Å². The van der Waals surface area contributed by atoms with Crippen LogP contribution in [-0.2, 0) is 16.0 Å². The first kappa shape index (κ1) is 14.2. The number of nitrogens with one attached hydrogen (secondary N) is 1. The molecule has 1 saturated heterocycles. The predicted molar refractivity (Wildman–Crippen MR) is 73.9 cm³/mol. The third kappa shape index (κ3) is 4.45. The lowest BCUT2D eigenvalue weighted by Crippen LogP contribution is -2.38. The maximum absolute atomic E-state index is 10.7. The number of ether oxygens (including phenoxy) is 1. The van der Waals surface area contributed by atoms with Crippen LogP contribution in [0.4, 0.5) is 5.13 Å². The van der Waals surface area contributed by atoms with Crippen molar-refractivity contribution in [1.29, 1.82) is 0 Å². The van der Waals surface area contributed by atoms with Crippen LogP contribution in [0, 0.1) is 6.92 Å². The summed E-state index contributed by atoms with van der Waals surface area (Å²) >= 11 is 1.51. The quantitative estimate of drug-likeness (QED) is 0.806. The minimum absolute atomic E-state index is 0.00647. The molecular formula is C12H19N3O3S. The van der Waals surface area contributed by atoms with Gasteiger partial charge in [0.25, 0.3) is 0 Å². The van der Waals surface area contributed by atoms with E-state index in [9.17, 15) is 4.79 Å². The lowest BCUT2D eigenvalue weighted by molar-refractivity contribution is -0.136. The number of carboxylic acid groups (broad SMARTS) is 1. The Hall–Kier alpha value is -1.18. The van der Waals surface area contributed by atoms with E-state index in [1.54, 1.807) is 0 Å². The van der Waals surface area contributed by atoms with Crippen LogP contribution in [0.15, 0.2) is 0 Å². The van der Waals surface area contributed by atoms with Gasteiger partial charge >= 0.3 is 5.97 Å². The van der Waals surface area contributed by atoms with Gasteiger partial charge in [-0.2, -0.15) is 0 Å². The number of rotatable bonds is 6. The molecule has 2 heterocycles. The number of carbonyl (C=O) groups is 1. The van der Waals surface area contributed by atoms with Crippen molar-refractivity contribution in [2.24, 2.45) is 0 Å². The Morgan fingerprint density at radius 2 is 2.26 bits per heavy atom. The number of morpholine rings is 1. The number of aromatic nitrogens is 1. The summed E-state index contributed by atoms with van der Waals surface area (Å²) in [5, 5.41) is 12.8. The summed E-state index contributed by atoms with van der Waals surface area (Å²) in [4.78, 5) is 18.3. The lowest BCUT2D eigenvalue weighted by atomic mass is 10.3. The van der Waals surface area contributed by atoms with Crippen molar-refractivity contribution in [3.05, 3.63) is 10.6 Å². The second kappa shape index (κ2) is 6.83. The van der Waals surface area contributed by atoms with E-state index >= 15 is 0 Å². The Balaban J connectivity index is 1.77. The fraction of sp³-hybridized carbons (Fsp3) is 0.667. The van der Waals surface area contributed by atoms with E-state index in [-0.39, 0.29) is 6.42 Å². The lowest BCUT2D eigenvalue weighted by Gasteiger charge is -2.26. The number of hydrogen-bond acceptors (Lipinski definition) is 6. The first-order valence-corrected chi connectivity index (χ1v) is 7.19. The highest BCUT2D eigenvalue weighted by Gasteiger charge is 2.12. The van der Waals surface area contributed by atoms with Crippen molar-refractivity contribution in [3.63, 3.8) is 0 Å². The molecule has 1 aromatic rings. The topological polar surface area (TPSA) is 74.7 Å². The molecule has 0 atom stereocenters. The molecule has 19 heavy (non-hydrogen) atoms. The first-order chi connectivity index (χ1) is 9.15. The maximum atomic E-state index is 10.7. The summed E-state index contributed by atoms with van der Waals surface area (Å²) in [6, 6.07) is 0. The minimum Gasteiger partial charge on any atom is -0.481 e. The van der Waals surface area contributed by atoms with Crippen molar-refractivity contribution in [3.8, 4) is 0 Å². The number of nitrogens with zero attached hydrogens (tertiary/aromatic N) is 2. The number of anilines is 1. The highest BCUT2D eigenvalue weighted by atomic mass is 32.1. The van der Waals surface area contributed by atoms with E-state index in [4.69, 9.17) is 9.84 Å². The first-order valence-electron chi connectivity index (χ1n) is 6.37. The number of hydrogen-bond donors (Lipinski definition) is 2. The smallest absolute Gasteiger partial charge is 0.309 e. The predicted octanol–water partition coefficient (Wildman–Crippen LogP) is 0.823. The minimum atomic E-state index is -0.840. The highest BCUT2D eigenvalue weighted by Crippen LogP contribution is 2.22. The van der Waals surface area contributed by atoms with Gasteiger partial charge in [-0.1, -0.05) is 0 Å². The average Bonchev–Trinajstić information content (AvgIpc) is 2.70.